The van der Waals surface area contributed by atoms with E-state index in [1.165, 1.54) is 0 Å². The molecule has 4 nitrogen and oxygen atoms in total. The number of carbonyl (C=O) groups excluding carboxylic acids is 1. The molecule has 1 aliphatic heterocycles. The van der Waals surface area contributed by atoms with Crippen LogP contribution < -0.4 is 0 Å². The fourth-order valence-corrected chi connectivity index (χ4v) is 2.83. The van der Waals surface area contributed by atoms with Gasteiger partial charge in [-0.3, -0.25) is 4.79 Å². The number of carbonyl (C=O) groups is 1. The molecule has 0 atom stereocenters. The molecule has 1 saturated heterocycles. The quantitative estimate of drug-likeness (QED) is 0.923. The van der Waals surface area contributed by atoms with E-state index in [9.17, 15) is 9.90 Å². The monoisotopic (exact) mass is 285 g/mol. The zero-order valence-corrected chi connectivity index (χ0v) is 12.1. The standard InChI is InChI=1S/C17H19NO3/c1-18(14-6-8-21-9-7-14)17(20)15-10-12-4-2-3-5-13(12)11-16(15)19/h2-5,10-11,14,19H,6-9H2,1H3. The number of phenolic OH excluding ortho intramolecular Hbond substituents is 1. The third-order valence-corrected chi connectivity index (χ3v) is 4.15. The lowest BCUT2D eigenvalue weighted by atomic mass is 10.0. The van der Waals surface area contributed by atoms with Crippen molar-refractivity contribution in [3.63, 3.8) is 0 Å². The average Bonchev–Trinajstić information content (AvgIpc) is 2.53. The van der Waals surface area contributed by atoms with Crippen LogP contribution in [-0.4, -0.2) is 42.2 Å². The Morgan fingerprint density at radius 2 is 1.81 bits per heavy atom. The summed E-state index contributed by atoms with van der Waals surface area (Å²) in [6.07, 6.45) is 1.69. The van der Waals surface area contributed by atoms with Gasteiger partial charge in [-0.05, 0) is 35.7 Å². The Balaban J connectivity index is 1.91. The number of benzene rings is 2. The molecule has 110 valence electrons. The molecule has 0 aliphatic carbocycles. The van der Waals surface area contributed by atoms with Crippen LogP contribution in [0.5, 0.6) is 5.75 Å². The third kappa shape index (κ3) is 2.72. The van der Waals surface area contributed by atoms with Crippen LogP contribution in [-0.2, 0) is 4.74 Å². The molecule has 0 unspecified atom stereocenters. The summed E-state index contributed by atoms with van der Waals surface area (Å²) in [7, 11) is 1.80. The van der Waals surface area contributed by atoms with Crippen LogP contribution in [0.25, 0.3) is 10.8 Å². The molecular weight excluding hydrogens is 266 g/mol. The summed E-state index contributed by atoms with van der Waals surface area (Å²) in [4.78, 5) is 14.4. The molecule has 0 saturated carbocycles. The smallest absolute Gasteiger partial charge is 0.257 e. The summed E-state index contributed by atoms with van der Waals surface area (Å²) >= 11 is 0. The van der Waals surface area contributed by atoms with Crippen LogP contribution in [0.15, 0.2) is 36.4 Å². The lowest BCUT2D eigenvalue weighted by Crippen LogP contribution is -2.40. The zero-order chi connectivity index (χ0) is 14.8. The first-order valence-corrected chi connectivity index (χ1v) is 7.23. The van der Waals surface area contributed by atoms with E-state index in [4.69, 9.17) is 4.74 Å². The van der Waals surface area contributed by atoms with Crippen molar-refractivity contribution in [3.05, 3.63) is 42.0 Å². The minimum Gasteiger partial charge on any atom is -0.507 e. The van der Waals surface area contributed by atoms with Gasteiger partial charge in [0.1, 0.15) is 5.75 Å². The molecule has 1 aliphatic rings. The Morgan fingerprint density at radius 1 is 1.19 bits per heavy atom. The topological polar surface area (TPSA) is 49.8 Å². The molecule has 2 aromatic carbocycles. The zero-order valence-electron chi connectivity index (χ0n) is 12.1. The first-order valence-electron chi connectivity index (χ1n) is 7.23. The normalized spacial score (nSPS) is 16.0. The lowest BCUT2D eigenvalue weighted by Gasteiger charge is -2.31. The predicted octanol–water partition coefficient (Wildman–Crippen LogP) is 2.80. The summed E-state index contributed by atoms with van der Waals surface area (Å²) in [5.41, 5.74) is 0.364. The molecule has 1 amide bonds. The predicted molar refractivity (Wildman–Crippen MR) is 81.5 cm³/mol. The third-order valence-electron chi connectivity index (χ3n) is 4.15. The van der Waals surface area contributed by atoms with E-state index < -0.39 is 0 Å². The highest BCUT2D eigenvalue weighted by Crippen LogP contribution is 2.27. The molecule has 21 heavy (non-hydrogen) atoms. The summed E-state index contributed by atoms with van der Waals surface area (Å²) in [6, 6.07) is 11.3. The van der Waals surface area contributed by atoms with Gasteiger partial charge >= 0.3 is 0 Å². The van der Waals surface area contributed by atoms with E-state index in [1.54, 1.807) is 24.1 Å². The molecule has 4 heteroatoms. The van der Waals surface area contributed by atoms with Crippen LogP contribution in [0.3, 0.4) is 0 Å². The molecule has 2 aromatic rings. The van der Waals surface area contributed by atoms with Gasteiger partial charge in [-0.1, -0.05) is 24.3 Å². The first kappa shape index (κ1) is 13.9. The van der Waals surface area contributed by atoms with Crippen molar-refractivity contribution in [1.82, 2.24) is 4.90 Å². The Bertz CT molecular complexity index is 662. The van der Waals surface area contributed by atoms with Crippen molar-refractivity contribution in [3.8, 4) is 5.75 Å². The van der Waals surface area contributed by atoms with E-state index >= 15 is 0 Å². The van der Waals surface area contributed by atoms with Crippen LogP contribution in [0, 0.1) is 0 Å². The maximum absolute atomic E-state index is 12.6. The van der Waals surface area contributed by atoms with E-state index in [1.807, 2.05) is 24.3 Å². The van der Waals surface area contributed by atoms with Crippen LogP contribution in [0.2, 0.25) is 0 Å². The number of amides is 1. The Hall–Kier alpha value is -2.07. The number of fused-ring (bicyclic) bond motifs is 1. The molecular formula is C17H19NO3. The second-order valence-corrected chi connectivity index (χ2v) is 5.48. The second kappa shape index (κ2) is 5.74. The van der Waals surface area contributed by atoms with Crippen LogP contribution in [0.1, 0.15) is 23.2 Å². The SMILES string of the molecule is CN(C(=O)c1cc2ccccc2cc1O)C1CCOCC1. The van der Waals surface area contributed by atoms with Crippen molar-refractivity contribution in [2.75, 3.05) is 20.3 Å². The largest absolute Gasteiger partial charge is 0.507 e. The Morgan fingerprint density at radius 3 is 2.48 bits per heavy atom. The molecule has 1 fully saturated rings. The van der Waals surface area contributed by atoms with Crippen molar-refractivity contribution < 1.29 is 14.6 Å². The molecule has 0 spiro atoms. The van der Waals surface area contributed by atoms with Gasteiger partial charge in [0.05, 0.1) is 5.56 Å². The number of ether oxygens (including phenoxy) is 1. The summed E-state index contributed by atoms with van der Waals surface area (Å²) in [5.74, 6) is -0.0947. The van der Waals surface area contributed by atoms with Crippen LogP contribution in [0.4, 0.5) is 0 Å². The van der Waals surface area contributed by atoms with Crippen molar-refractivity contribution >= 4 is 16.7 Å². The van der Waals surface area contributed by atoms with E-state index in [2.05, 4.69) is 0 Å². The lowest BCUT2D eigenvalue weighted by molar-refractivity contribution is 0.0361. The van der Waals surface area contributed by atoms with Gasteiger partial charge < -0.3 is 14.7 Å². The second-order valence-electron chi connectivity index (χ2n) is 5.48. The molecule has 1 N–H and O–H groups in total. The van der Waals surface area contributed by atoms with Gasteiger partial charge in [0.15, 0.2) is 0 Å². The molecule has 3 rings (SSSR count). The highest BCUT2D eigenvalue weighted by atomic mass is 16.5. The fraction of sp³-hybridized carbons (Fsp3) is 0.353. The minimum atomic E-state index is -0.134. The minimum absolute atomic E-state index is 0.0395. The van der Waals surface area contributed by atoms with Crippen molar-refractivity contribution in [1.29, 1.82) is 0 Å². The van der Waals surface area contributed by atoms with Gasteiger partial charge in [-0.25, -0.2) is 0 Å². The average molecular weight is 285 g/mol. The first-order chi connectivity index (χ1) is 10.2. The molecule has 0 aromatic heterocycles. The maximum Gasteiger partial charge on any atom is 0.257 e. The van der Waals surface area contributed by atoms with E-state index in [-0.39, 0.29) is 17.7 Å². The highest BCUT2D eigenvalue weighted by molar-refractivity contribution is 6.01. The Kier molecular flexibility index (Phi) is 3.80. The van der Waals surface area contributed by atoms with Gasteiger partial charge in [0, 0.05) is 26.3 Å². The fourth-order valence-electron chi connectivity index (χ4n) is 2.83. The Labute approximate surface area is 123 Å². The van der Waals surface area contributed by atoms with Gasteiger partial charge in [-0.2, -0.15) is 0 Å². The summed E-state index contributed by atoms with van der Waals surface area (Å²) < 4.78 is 5.33. The van der Waals surface area contributed by atoms with Gasteiger partial charge in [-0.15, -0.1) is 0 Å². The summed E-state index contributed by atoms with van der Waals surface area (Å²) in [5, 5.41) is 12.0. The van der Waals surface area contributed by atoms with Gasteiger partial charge in [0.2, 0.25) is 0 Å². The van der Waals surface area contributed by atoms with E-state index in [0.717, 1.165) is 23.6 Å². The highest BCUT2D eigenvalue weighted by Gasteiger charge is 2.25. The molecule has 0 bridgehead atoms. The molecule has 1 heterocycles. The number of nitrogens with zero attached hydrogens (tertiary/aromatic N) is 1. The number of hydrogen-bond donors (Lipinski definition) is 1. The van der Waals surface area contributed by atoms with Crippen LogP contribution >= 0.6 is 0 Å². The maximum atomic E-state index is 12.6. The van der Waals surface area contributed by atoms with Crippen molar-refractivity contribution in [2.24, 2.45) is 0 Å². The van der Waals surface area contributed by atoms with Crippen molar-refractivity contribution in [2.45, 2.75) is 18.9 Å². The summed E-state index contributed by atoms with van der Waals surface area (Å²) in [6.45, 7) is 1.37. The van der Waals surface area contributed by atoms with E-state index in [0.29, 0.717) is 18.8 Å². The number of aromatic hydroxyl groups is 1. The number of rotatable bonds is 2. The molecule has 0 radical (unpaired) electrons. The van der Waals surface area contributed by atoms with Gasteiger partial charge in [0.25, 0.3) is 5.91 Å². The number of phenols is 1. The number of hydrogen-bond acceptors (Lipinski definition) is 3.